The maximum Gasteiger partial charge on any atom is 0.416 e. The van der Waals surface area contributed by atoms with Gasteiger partial charge in [0.05, 0.1) is 20.0 Å². The predicted octanol–water partition coefficient (Wildman–Crippen LogP) is 5.79. The van der Waals surface area contributed by atoms with Crippen molar-refractivity contribution in [3.63, 3.8) is 0 Å². The minimum atomic E-state index is -4.98. The van der Waals surface area contributed by atoms with Gasteiger partial charge in [-0.25, -0.2) is 0 Å². The van der Waals surface area contributed by atoms with Crippen molar-refractivity contribution in [2.45, 2.75) is 10.8 Å². The van der Waals surface area contributed by atoms with Crippen molar-refractivity contribution in [1.82, 2.24) is 0 Å². The number of rotatable bonds is 5. The lowest BCUT2D eigenvalue weighted by atomic mass is 10.1. The van der Waals surface area contributed by atoms with Crippen molar-refractivity contribution in [3.05, 3.63) is 67.8 Å². The summed E-state index contributed by atoms with van der Waals surface area (Å²) < 4.78 is 44.3. The highest BCUT2D eigenvalue weighted by Crippen LogP contribution is 2.47. The van der Waals surface area contributed by atoms with Gasteiger partial charge in [-0.05, 0) is 17.7 Å². The lowest BCUT2D eigenvalue weighted by Crippen LogP contribution is -2.08. The van der Waals surface area contributed by atoms with Crippen molar-refractivity contribution in [2.24, 2.45) is 0 Å². The Bertz CT molecular complexity index is 880. The summed E-state index contributed by atoms with van der Waals surface area (Å²) >= 11 is 3.52. The van der Waals surface area contributed by atoms with Crippen LogP contribution >= 0.6 is 23.5 Å². The summed E-state index contributed by atoms with van der Waals surface area (Å²) in [6.45, 7) is 0. The molecule has 28 heavy (non-hydrogen) atoms. The van der Waals surface area contributed by atoms with Gasteiger partial charge in [-0.2, -0.15) is 13.2 Å². The summed E-state index contributed by atoms with van der Waals surface area (Å²) in [6, 6.07) is 6.82. The largest absolute Gasteiger partial charge is 0.444 e. The molecule has 1 fully saturated rings. The SMILES string of the molecule is O=[N+]([O-])c1cc(C(F)(F)F)cc([N+](=O)[O-])c1Oc1ccc(C2SCCS2)cc1. The van der Waals surface area contributed by atoms with Crippen molar-refractivity contribution >= 4 is 34.9 Å². The van der Waals surface area contributed by atoms with Crippen molar-refractivity contribution in [3.8, 4) is 11.5 Å². The monoisotopic (exact) mass is 432 g/mol. The first kappa shape index (κ1) is 20.3. The Morgan fingerprint density at radius 3 is 1.89 bits per heavy atom. The van der Waals surface area contributed by atoms with Crippen LogP contribution in [0, 0.1) is 20.2 Å². The van der Waals surface area contributed by atoms with E-state index < -0.39 is 38.7 Å². The highest BCUT2D eigenvalue weighted by Gasteiger charge is 2.38. The minimum absolute atomic E-state index is 0.0442. The van der Waals surface area contributed by atoms with Crippen LogP contribution in [0.1, 0.15) is 15.7 Å². The third-order valence-electron chi connectivity index (χ3n) is 3.76. The zero-order chi connectivity index (χ0) is 20.5. The second kappa shape index (κ2) is 7.87. The molecule has 0 amide bonds. The molecule has 12 heteroatoms. The Morgan fingerprint density at radius 1 is 0.964 bits per heavy atom. The van der Waals surface area contributed by atoms with Gasteiger partial charge in [0.1, 0.15) is 5.75 Å². The number of nitro benzene ring substituents is 2. The molecule has 3 rings (SSSR count). The molecule has 0 saturated carbocycles. The van der Waals surface area contributed by atoms with E-state index in [0.717, 1.165) is 17.1 Å². The normalized spacial score (nSPS) is 14.8. The fraction of sp³-hybridized carbons (Fsp3) is 0.250. The standard InChI is InChI=1S/C16H11F3N2O5S2/c17-16(18,19)10-7-12(20(22)23)14(13(8-10)21(24)25)26-11-3-1-9(2-4-11)15-27-5-6-28-15/h1-4,7-8,15H,5-6H2. The van der Waals surface area contributed by atoms with Gasteiger partial charge in [0, 0.05) is 23.6 Å². The van der Waals surface area contributed by atoms with E-state index in [0.29, 0.717) is 0 Å². The highest BCUT2D eigenvalue weighted by atomic mass is 32.2. The van der Waals surface area contributed by atoms with Gasteiger partial charge in [0.25, 0.3) is 5.75 Å². The molecule has 0 N–H and O–H groups in total. The number of benzene rings is 2. The zero-order valence-corrected chi connectivity index (χ0v) is 15.5. The molecular weight excluding hydrogens is 421 g/mol. The minimum Gasteiger partial charge on any atom is -0.444 e. The molecule has 2 aromatic rings. The molecule has 0 bridgehead atoms. The Kier molecular flexibility index (Phi) is 5.70. The highest BCUT2D eigenvalue weighted by molar-refractivity contribution is 8.19. The topological polar surface area (TPSA) is 95.5 Å². The van der Waals surface area contributed by atoms with E-state index in [1.165, 1.54) is 12.1 Å². The second-order valence-electron chi connectivity index (χ2n) is 5.60. The summed E-state index contributed by atoms with van der Waals surface area (Å²) in [7, 11) is 0. The fourth-order valence-corrected chi connectivity index (χ4v) is 5.36. The van der Waals surface area contributed by atoms with Gasteiger partial charge in [0.2, 0.25) is 0 Å². The van der Waals surface area contributed by atoms with E-state index in [2.05, 4.69) is 0 Å². The molecule has 2 aromatic carbocycles. The van der Waals surface area contributed by atoms with Crippen LogP contribution in [0.3, 0.4) is 0 Å². The van der Waals surface area contributed by atoms with Crippen LogP contribution in [0.4, 0.5) is 24.5 Å². The Hall–Kier alpha value is -2.47. The van der Waals surface area contributed by atoms with Crippen LogP contribution < -0.4 is 4.74 Å². The van der Waals surface area contributed by atoms with Gasteiger partial charge in [-0.15, -0.1) is 23.5 Å². The maximum absolute atomic E-state index is 12.9. The van der Waals surface area contributed by atoms with Gasteiger partial charge in [-0.3, -0.25) is 20.2 Å². The van der Waals surface area contributed by atoms with Crippen molar-refractivity contribution < 1.29 is 27.8 Å². The molecule has 0 radical (unpaired) electrons. The fourth-order valence-electron chi connectivity index (χ4n) is 2.50. The van der Waals surface area contributed by atoms with Gasteiger partial charge >= 0.3 is 17.6 Å². The van der Waals surface area contributed by atoms with E-state index in [-0.39, 0.29) is 22.5 Å². The smallest absolute Gasteiger partial charge is 0.416 e. The van der Waals surface area contributed by atoms with Crippen LogP contribution in [0.5, 0.6) is 11.5 Å². The summed E-state index contributed by atoms with van der Waals surface area (Å²) in [6.07, 6.45) is -4.98. The van der Waals surface area contributed by atoms with Crippen LogP contribution in [0.25, 0.3) is 0 Å². The summed E-state index contributed by atoms with van der Waals surface area (Å²) in [5.41, 5.74) is -2.78. The summed E-state index contributed by atoms with van der Waals surface area (Å²) in [5, 5.41) is 22.4. The Morgan fingerprint density at radius 2 is 1.46 bits per heavy atom. The van der Waals surface area contributed by atoms with Gasteiger partial charge in [0.15, 0.2) is 0 Å². The van der Waals surface area contributed by atoms with E-state index in [1.807, 2.05) is 0 Å². The van der Waals surface area contributed by atoms with E-state index in [1.54, 1.807) is 35.7 Å². The number of hydrogen-bond acceptors (Lipinski definition) is 7. The molecule has 0 spiro atoms. The number of nitrogens with zero attached hydrogens (tertiary/aromatic N) is 2. The molecule has 1 heterocycles. The summed E-state index contributed by atoms with van der Waals surface area (Å²) in [4.78, 5) is 20.2. The third-order valence-corrected chi connectivity index (χ3v) is 6.87. The summed E-state index contributed by atoms with van der Waals surface area (Å²) in [5.74, 6) is 1.22. The second-order valence-corrected chi connectivity index (χ2v) is 8.32. The van der Waals surface area contributed by atoms with Crippen LogP contribution in [0.15, 0.2) is 36.4 Å². The van der Waals surface area contributed by atoms with Crippen LogP contribution in [-0.2, 0) is 6.18 Å². The number of ether oxygens (including phenoxy) is 1. The molecular formula is C16H11F3N2O5S2. The number of halogens is 3. The lowest BCUT2D eigenvalue weighted by molar-refractivity contribution is -0.396. The molecule has 0 aliphatic carbocycles. The number of nitro groups is 2. The van der Waals surface area contributed by atoms with Crippen LogP contribution in [-0.4, -0.2) is 21.4 Å². The average molecular weight is 432 g/mol. The van der Waals surface area contributed by atoms with E-state index in [9.17, 15) is 33.4 Å². The number of alkyl halides is 3. The molecule has 0 aromatic heterocycles. The third kappa shape index (κ3) is 4.33. The predicted molar refractivity (Wildman–Crippen MR) is 98.9 cm³/mol. The maximum atomic E-state index is 12.9. The molecule has 7 nitrogen and oxygen atoms in total. The molecule has 148 valence electrons. The number of thioether (sulfide) groups is 2. The van der Waals surface area contributed by atoms with Crippen LogP contribution in [0.2, 0.25) is 0 Å². The molecule has 0 unspecified atom stereocenters. The molecule has 0 atom stereocenters. The molecule has 1 saturated heterocycles. The average Bonchev–Trinajstić information content (AvgIpc) is 3.15. The Balaban J connectivity index is 2.00. The zero-order valence-electron chi connectivity index (χ0n) is 13.8. The molecule has 1 aliphatic rings. The van der Waals surface area contributed by atoms with E-state index in [4.69, 9.17) is 4.74 Å². The van der Waals surface area contributed by atoms with Gasteiger partial charge in [-0.1, -0.05) is 12.1 Å². The lowest BCUT2D eigenvalue weighted by Gasteiger charge is -2.12. The first-order valence-electron chi connectivity index (χ1n) is 7.72. The Labute approximate surface area is 164 Å². The first-order chi connectivity index (χ1) is 13.2. The van der Waals surface area contributed by atoms with Crippen molar-refractivity contribution in [2.75, 3.05) is 11.5 Å². The van der Waals surface area contributed by atoms with Crippen molar-refractivity contribution in [1.29, 1.82) is 0 Å². The van der Waals surface area contributed by atoms with E-state index >= 15 is 0 Å². The quantitative estimate of drug-likeness (QED) is 0.436. The molecule has 1 aliphatic heterocycles. The van der Waals surface area contributed by atoms with Gasteiger partial charge < -0.3 is 4.74 Å². The number of hydrogen-bond donors (Lipinski definition) is 0. The first-order valence-corrected chi connectivity index (χ1v) is 9.81.